The highest BCUT2D eigenvalue weighted by Crippen LogP contribution is 2.20. The van der Waals surface area contributed by atoms with Gasteiger partial charge in [0.25, 0.3) is 5.91 Å². The van der Waals surface area contributed by atoms with Crippen molar-refractivity contribution in [3.63, 3.8) is 0 Å². The molecule has 0 bridgehead atoms. The Labute approximate surface area is 179 Å². The number of nitrogens with zero attached hydrogens (tertiary/aromatic N) is 2. The Kier molecular flexibility index (Phi) is 6.21. The van der Waals surface area contributed by atoms with E-state index >= 15 is 0 Å². The number of carbonyl (C=O) groups is 2. The molecule has 2 N–H and O–H groups in total. The molecule has 1 aliphatic rings. The van der Waals surface area contributed by atoms with Gasteiger partial charge in [0.2, 0.25) is 5.91 Å². The third-order valence-electron chi connectivity index (χ3n) is 5.15. The van der Waals surface area contributed by atoms with Gasteiger partial charge in [0.05, 0.1) is 36.4 Å². The van der Waals surface area contributed by atoms with E-state index in [1.165, 1.54) is 16.5 Å². The van der Waals surface area contributed by atoms with Crippen LogP contribution < -0.4 is 10.2 Å². The first kappa shape index (κ1) is 20.3. The largest absolute Gasteiger partial charge is 0.326 e. The Morgan fingerprint density at radius 3 is 2.50 bits per heavy atom. The smallest absolute Gasteiger partial charge is 0.270 e. The molecule has 2 amide bonds. The third-order valence-corrected chi connectivity index (χ3v) is 6.19. The van der Waals surface area contributed by atoms with Crippen LogP contribution in [-0.4, -0.2) is 47.9 Å². The van der Waals surface area contributed by atoms with Gasteiger partial charge in [-0.3, -0.25) is 9.59 Å². The van der Waals surface area contributed by atoms with E-state index in [0.29, 0.717) is 18.8 Å². The second kappa shape index (κ2) is 9.19. The summed E-state index contributed by atoms with van der Waals surface area (Å²) in [5.41, 5.74) is 2.26. The highest BCUT2D eigenvalue weighted by molar-refractivity contribution is 7.18. The van der Waals surface area contributed by atoms with Crippen LogP contribution in [-0.2, 0) is 16.1 Å². The minimum atomic E-state index is -0.245. The summed E-state index contributed by atoms with van der Waals surface area (Å²) in [6.45, 7) is 5.34. The molecule has 0 spiro atoms. The zero-order chi connectivity index (χ0) is 20.9. The molecule has 30 heavy (non-hydrogen) atoms. The Morgan fingerprint density at radius 1 is 1.10 bits per heavy atom. The fourth-order valence-electron chi connectivity index (χ4n) is 3.64. The lowest BCUT2D eigenvalue weighted by atomic mass is 10.1. The molecule has 0 radical (unpaired) electrons. The van der Waals surface area contributed by atoms with E-state index in [4.69, 9.17) is 4.98 Å². The molecule has 1 fully saturated rings. The quantitative estimate of drug-likeness (QED) is 0.617. The van der Waals surface area contributed by atoms with Gasteiger partial charge in [-0.15, -0.1) is 11.3 Å². The summed E-state index contributed by atoms with van der Waals surface area (Å²) in [7, 11) is 0. The number of benzene rings is 2. The number of para-hydroxylation sites is 1. The minimum Gasteiger partial charge on any atom is -0.326 e. The second-order valence-corrected chi connectivity index (χ2v) is 8.56. The first-order valence-electron chi connectivity index (χ1n) is 10.1. The maximum Gasteiger partial charge on any atom is 0.270 e. The molecule has 1 saturated heterocycles. The molecular weight excluding hydrogens is 396 g/mol. The molecule has 0 unspecified atom stereocenters. The number of rotatable bonds is 5. The predicted octanol–water partition coefficient (Wildman–Crippen LogP) is 1.70. The average Bonchev–Trinajstić information content (AvgIpc) is 3.16. The highest BCUT2D eigenvalue weighted by atomic mass is 32.1. The number of fused-ring (bicyclic) bond motifs is 1. The zero-order valence-corrected chi connectivity index (χ0v) is 17.7. The lowest BCUT2D eigenvalue weighted by molar-refractivity contribution is -0.917. The Morgan fingerprint density at radius 2 is 1.80 bits per heavy atom. The Hall–Kier alpha value is -3.03. The summed E-state index contributed by atoms with van der Waals surface area (Å²) >= 11 is 1.74. The van der Waals surface area contributed by atoms with Gasteiger partial charge in [0.1, 0.15) is 17.2 Å². The summed E-state index contributed by atoms with van der Waals surface area (Å²) < 4.78 is 1.21. The SMILES string of the molecule is CC(=O)N/C(=C\c1ccccc1)C(=O)N1CC[NH+](Cc2nc3ccccc3s2)CC1. The maximum atomic E-state index is 13.0. The molecule has 154 valence electrons. The number of nitrogens with one attached hydrogen (secondary N) is 2. The van der Waals surface area contributed by atoms with Crippen molar-refractivity contribution >= 4 is 39.4 Å². The molecule has 3 aromatic rings. The molecule has 0 saturated carbocycles. The lowest BCUT2D eigenvalue weighted by Gasteiger charge is -2.32. The fourth-order valence-corrected chi connectivity index (χ4v) is 4.68. The summed E-state index contributed by atoms with van der Waals surface area (Å²) in [5.74, 6) is -0.376. The van der Waals surface area contributed by atoms with E-state index in [9.17, 15) is 9.59 Å². The molecular formula is C23H25N4O2S+. The van der Waals surface area contributed by atoms with Gasteiger partial charge >= 0.3 is 0 Å². The third kappa shape index (κ3) is 4.93. The van der Waals surface area contributed by atoms with Crippen molar-refractivity contribution in [2.24, 2.45) is 0 Å². The van der Waals surface area contributed by atoms with Crippen LogP contribution in [0, 0.1) is 0 Å². The minimum absolute atomic E-state index is 0.131. The number of aromatic nitrogens is 1. The van der Waals surface area contributed by atoms with Gasteiger partial charge in [-0.05, 0) is 23.8 Å². The van der Waals surface area contributed by atoms with Crippen molar-refractivity contribution in [3.05, 3.63) is 70.9 Å². The van der Waals surface area contributed by atoms with Crippen LogP contribution >= 0.6 is 11.3 Å². The first-order valence-corrected chi connectivity index (χ1v) is 10.9. The maximum absolute atomic E-state index is 13.0. The highest BCUT2D eigenvalue weighted by Gasteiger charge is 2.27. The lowest BCUT2D eigenvalue weighted by Crippen LogP contribution is -3.13. The number of hydrogen-bond donors (Lipinski definition) is 2. The Bertz CT molecular complexity index is 1040. The molecule has 2 heterocycles. The van der Waals surface area contributed by atoms with Gasteiger partial charge in [-0.1, -0.05) is 42.5 Å². The summed E-state index contributed by atoms with van der Waals surface area (Å²) in [6.07, 6.45) is 1.74. The van der Waals surface area contributed by atoms with Crippen LogP contribution in [0.5, 0.6) is 0 Å². The van der Waals surface area contributed by atoms with E-state index < -0.39 is 0 Å². The van der Waals surface area contributed by atoms with Crippen molar-refractivity contribution < 1.29 is 14.5 Å². The van der Waals surface area contributed by atoms with Crippen LogP contribution in [0.1, 0.15) is 17.5 Å². The van der Waals surface area contributed by atoms with Crippen molar-refractivity contribution in [2.45, 2.75) is 13.5 Å². The van der Waals surface area contributed by atoms with Crippen LogP contribution in [0.25, 0.3) is 16.3 Å². The molecule has 2 aromatic carbocycles. The second-order valence-electron chi connectivity index (χ2n) is 7.44. The normalized spacial score (nSPS) is 15.4. The molecule has 1 aliphatic heterocycles. The van der Waals surface area contributed by atoms with Crippen LogP contribution in [0.4, 0.5) is 0 Å². The number of carbonyl (C=O) groups excluding carboxylic acids is 2. The van der Waals surface area contributed by atoms with E-state index in [-0.39, 0.29) is 11.8 Å². The monoisotopic (exact) mass is 421 g/mol. The van der Waals surface area contributed by atoms with Gasteiger partial charge in [0, 0.05) is 6.92 Å². The summed E-state index contributed by atoms with van der Waals surface area (Å²) in [4.78, 5) is 32.6. The van der Waals surface area contributed by atoms with E-state index in [1.54, 1.807) is 17.4 Å². The molecule has 0 aliphatic carbocycles. The van der Waals surface area contributed by atoms with Gasteiger partial charge < -0.3 is 15.1 Å². The predicted molar refractivity (Wildman–Crippen MR) is 119 cm³/mol. The number of quaternary nitrogens is 1. The topological polar surface area (TPSA) is 66.7 Å². The van der Waals surface area contributed by atoms with Crippen molar-refractivity contribution in [3.8, 4) is 0 Å². The van der Waals surface area contributed by atoms with Crippen LogP contribution in [0.15, 0.2) is 60.3 Å². The standard InChI is InChI=1S/C23H24N4O2S/c1-17(28)24-20(15-18-7-3-2-4-8-18)23(29)27-13-11-26(12-14-27)16-22-25-19-9-5-6-10-21(19)30-22/h2-10,15H,11-14,16H2,1H3,(H,24,28)/p+1/b20-15-. The van der Waals surface area contributed by atoms with Crippen molar-refractivity contribution in [1.29, 1.82) is 0 Å². The zero-order valence-electron chi connectivity index (χ0n) is 16.9. The number of amides is 2. The van der Waals surface area contributed by atoms with Gasteiger partial charge in [-0.25, -0.2) is 4.98 Å². The van der Waals surface area contributed by atoms with Gasteiger partial charge in [-0.2, -0.15) is 0 Å². The molecule has 7 heteroatoms. The van der Waals surface area contributed by atoms with E-state index in [1.807, 2.05) is 53.4 Å². The summed E-state index contributed by atoms with van der Waals surface area (Å²) in [5, 5.41) is 3.84. The van der Waals surface area contributed by atoms with E-state index in [0.717, 1.165) is 35.7 Å². The molecule has 4 rings (SSSR count). The van der Waals surface area contributed by atoms with E-state index in [2.05, 4.69) is 11.4 Å². The number of piperazine rings is 1. The number of thiazole rings is 1. The molecule has 0 atom stereocenters. The van der Waals surface area contributed by atoms with Crippen LogP contribution in [0.2, 0.25) is 0 Å². The fraction of sp³-hybridized carbons (Fsp3) is 0.261. The molecule has 1 aromatic heterocycles. The van der Waals surface area contributed by atoms with Crippen molar-refractivity contribution in [1.82, 2.24) is 15.2 Å². The number of hydrogen-bond acceptors (Lipinski definition) is 4. The first-order chi connectivity index (χ1) is 14.6. The average molecular weight is 422 g/mol. The Balaban J connectivity index is 1.39. The van der Waals surface area contributed by atoms with Crippen LogP contribution in [0.3, 0.4) is 0 Å². The van der Waals surface area contributed by atoms with Crippen molar-refractivity contribution in [2.75, 3.05) is 26.2 Å². The summed E-state index contributed by atoms with van der Waals surface area (Å²) in [6, 6.07) is 17.8. The van der Waals surface area contributed by atoms with Gasteiger partial charge in [0.15, 0.2) is 0 Å². The molecule has 6 nitrogen and oxygen atoms in total.